The molecule has 0 bridgehead atoms. The highest BCUT2D eigenvalue weighted by atomic mass is 35.5. The van der Waals surface area contributed by atoms with Gasteiger partial charge in [-0.15, -0.1) is 0 Å². The number of rotatable bonds is 8. The van der Waals surface area contributed by atoms with E-state index in [1.165, 1.54) is 25.1 Å². The molecule has 0 saturated carbocycles. The molecule has 0 aliphatic carbocycles. The maximum atomic E-state index is 12.5. The van der Waals surface area contributed by atoms with Crippen LogP contribution in [0.1, 0.15) is 49.9 Å². The second kappa shape index (κ2) is 14.4. The summed E-state index contributed by atoms with van der Waals surface area (Å²) in [5, 5.41) is 8.37. The highest BCUT2D eigenvalue weighted by Gasteiger charge is 2.32. The van der Waals surface area contributed by atoms with Crippen LogP contribution in [0.5, 0.6) is 11.8 Å². The molecule has 2 heterocycles. The van der Waals surface area contributed by atoms with Gasteiger partial charge in [0.1, 0.15) is 23.3 Å². The second-order valence-electron chi connectivity index (χ2n) is 8.86. The van der Waals surface area contributed by atoms with Crippen LogP contribution in [0, 0.1) is 0 Å². The van der Waals surface area contributed by atoms with Gasteiger partial charge in [-0.2, -0.15) is 26.3 Å². The van der Waals surface area contributed by atoms with Crippen molar-refractivity contribution < 1.29 is 50.5 Å². The zero-order valence-electron chi connectivity index (χ0n) is 22.3. The molecule has 0 amide bonds. The quantitative estimate of drug-likeness (QED) is 0.149. The lowest BCUT2D eigenvalue weighted by Gasteiger charge is -2.10. The summed E-state index contributed by atoms with van der Waals surface area (Å²) in [5.41, 5.74) is -0.107. The number of aromatic nitrogens is 2. The summed E-state index contributed by atoms with van der Waals surface area (Å²) < 4.78 is 85.4. The first-order chi connectivity index (χ1) is 20.5. The molecular weight excluding hydrogens is 641 g/mol. The Kier molecular flexibility index (Phi) is 11.2. The lowest BCUT2D eigenvalue weighted by atomic mass is 10.1. The van der Waals surface area contributed by atoms with E-state index >= 15 is 0 Å². The Morgan fingerprint density at radius 1 is 0.727 bits per heavy atom. The van der Waals surface area contributed by atoms with Crippen molar-refractivity contribution >= 4 is 35.0 Å². The highest BCUT2D eigenvalue weighted by molar-refractivity contribution is 6.32. The van der Waals surface area contributed by atoms with Gasteiger partial charge in [-0.25, -0.2) is 14.8 Å². The standard InChI is InChI=1S/C15H11ClF3NO2.C14H9ClF3NO3/c1-9(21)11-4-2-3-10(5-11)8-22-14-13(16)6-12(7-20-14)15(17,18)19;15-11-5-10(14(16,17)18)6-19-12(11)22-7-8-2-1-3-9(4-8)13(20)21/h2-7H,8H2,1H3;1-6H,7H2,(H,20,21). The number of carbonyl (C=O) groups is 2. The van der Waals surface area contributed by atoms with Gasteiger partial charge >= 0.3 is 18.3 Å². The number of halogens is 8. The number of ether oxygens (including phenoxy) is 2. The van der Waals surface area contributed by atoms with E-state index in [0.29, 0.717) is 29.1 Å². The summed E-state index contributed by atoms with van der Waals surface area (Å²) in [4.78, 5) is 29.2. The molecule has 0 unspecified atom stereocenters. The topological polar surface area (TPSA) is 98.6 Å². The lowest BCUT2D eigenvalue weighted by Crippen LogP contribution is -2.07. The number of pyridine rings is 2. The predicted octanol–water partition coefficient (Wildman–Crippen LogP) is 8.57. The SMILES string of the molecule is CC(=O)c1cccc(COc2ncc(C(F)(F)F)cc2Cl)c1.O=C(O)c1cccc(COc2ncc(C(F)(F)F)cc2Cl)c1. The summed E-state index contributed by atoms with van der Waals surface area (Å²) >= 11 is 11.4. The minimum absolute atomic E-state index is 0.0409. The maximum Gasteiger partial charge on any atom is 0.417 e. The number of hydrogen-bond acceptors (Lipinski definition) is 6. The van der Waals surface area contributed by atoms with E-state index in [0.717, 1.165) is 12.1 Å². The summed E-state index contributed by atoms with van der Waals surface area (Å²) in [5.74, 6) is -1.43. The second-order valence-corrected chi connectivity index (χ2v) is 9.67. The van der Waals surface area contributed by atoms with Crippen molar-refractivity contribution in [1.29, 1.82) is 0 Å². The van der Waals surface area contributed by atoms with E-state index in [1.54, 1.807) is 30.3 Å². The molecule has 44 heavy (non-hydrogen) atoms. The number of Topliss-reactive ketones (excluding diaryl/α,β-unsaturated/α-hetero) is 1. The third kappa shape index (κ3) is 9.85. The van der Waals surface area contributed by atoms with Crippen molar-refractivity contribution in [3.8, 4) is 11.8 Å². The van der Waals surface area contributed by atoms with E-state index in [9.17, 15) is 35.9 Å². The van der Waals surface area contributed by atoms with E-state index in [1.807, 2.05) is 0 Å². The highest BCUT2D eigenvalue weighted by Crippen LogP contribution is 2.34. The van der Waals surface area contributed by atoms with Crippen LogP contribution in [0.15, 0.2) is 73.1 Å². The Morgan fingerprint density at radius 2 is 1.14 bits per heavy atom. The Bertz CT molecular complexity index is 1530. The Balaban J connectivity index is 0.000000240. The van der Waals surface area contributed by atoms with E-state index < -0.39 is 29.4 Å². The van der Waals surface area contributed by atoms with Gasteiger partial charge in [0.05, 0.1) is 16.7 Å². The van der Waals surface area contributed by atoms with Crippen molar-refractivity contribution in [1.82, 2.24) is 9.97 Å². The number of carboxylic acids is 1. The van der Waals surface area contributed by atoms with Gasteiger partial charge in [-0.05, 0) is 48.4 Å². The van der Waals surface area contributed by atoms with Crippen LogP contribution < -0.4 is 9.47 Å². The molecule has 0 radical (unpaired) electrons. The molecular formula is C29H20Cl2F6N2O5. The number of hydrogen-bond donors (Lipinski definition) is 1. The summed E-state index contributed by atoms with van der Waals surface area (Å²) in [7, 11) is 0. The zero-order valence-corrected chi connectivity index (χ0v) is 23.9. The van der Waals surface area contributed by atoms with Gasteiger partial charge in [0, 0.05) is 18.0 Å². The molecule has 2 aromatic heterocycles. The van der Waals surface area contributed by atoms with E-state index in [4.69, 9.17) is 37.8 Å². The molecule has 2 aromatic carbocycles. The molecule has 15 heteroatoms. The Labute approximate surface area is 256 Å². The number of aromatic carboxylic acids is 1. The van der Waals surface area contributed by atoms with Crippen molar-refractivity contribution in [3.63, 3.8) is 0 Å². The normalized spacial score (nSPS) is 11.3. The maximum absolute atomic E-state index is 12.5. The third-order valence-corrected chi connectivity index (χ3v) is 6.07. The minimum atomic E-state index is -4.54. The zero-order chi connectivity index (χ0) is 32.7. The summed E-state index contributed by atoms with van der Waals surface area (Å²) in [6.07, 6.45) is -7.77. The van der Waals surface area contributed by atoms with Gasteiger partial charge in [0.2, 0.25) is 11.8 Å². The summed E-state index contributed by atoms with van der Waals surface area (Å²) in [6.45, 7) is 1.41. The molecule has 0 aliphatic heterocycles. The number of ketones is 1. The van der Waals surface area contributed by atoms with Crippen LogP contribution in [0.25, 0.3) is 0 Å². The van der Waals surface area contributed by atoms with Crippen LogP contribution in [0.3, 0.4) is 0 Å². The third-order valence-electron chi connectivity index (χ3n) is 5.53. The first-order valence-corrected chi connectivity index (χ1v) is 12.9. The van der Waals surface area contributed by atoms with Crippen molar-refractivity contribution in [2.24, 2.45) is 0 Å². The number of carbonyl (C=O) groups excluding carboxylic acids is 1. The van der Waals surface area contributed by atoms with Crippen molar-refractivity contribution in [3.05, 3.63) is 116 Å². The average Bonchev–Trinajstić information content (AvgIpc) is 2.95. The van der Waals surface area contributed by atoms with Gasteiger partial charge in [-0.1, -0.05) is 53.5 Å². The first-order valence-electron chi connectivity index (χ1n) is 12.2. The molecule has 0 spiro atoms. The number of carboxylic acid groups (broad SMARTS) is 1. The van der Waals surface area contributed by atoms with Gasteiger partial charge in [0.25, 0.3) is 0 Å². The van der Waals surface area contributed by atoms with Crippen LogP contribution in [-0.2, 0) is 25.6 Å². The van der Waals surface area contributed by atoms with Crippen LogP contribution >= 0.6 is 23.2 Å². The Morgan fingerprint density at radius 3 is 1.50 bits per heavy atom. The van der Waals surface area contributed by atoms with Crippen LogP contribution in [-0.4, -0.2) is 26.8 Å². The predicted molar refractivity (Wildman–Crippen MR) is 147 cm³/mol. The fraction of sp³-hybridized carbons (Fsp3) is 0.172. The number of alkyl halides is 6. The molecule has 4 aromatic rings. The molecule has 232 valence electrons. The average molecular weight is 661 g/mol. The molecule has 0 saturated heterocycles. The van der Waals surface area contributed by atoms with Gasteiger partial charge < -0.3 is 14.6 Å². The monoisotopic (exact) mass is 660 g/mol. The van der Waals surface area contributed by atoms with Crippen molar-refractivity contribution in [2.45, 2.75) is 32.5 Å². The fourth-order valence-corrected chi connectivity index (χ4v) is 3.79. The molecule has 1 N–H and O–H groups in total. The van der Waals surface area contributed by atoms with Gasteiger partial charge in [-0.3, -0.25) is 4.79 Å². The largest absolute Gasteiger partial charge is 0.478 e. The molecule has 4 rings (SSSR count). The van der Waals surface area contributed by atoms with Gasteiger partial charge in [0.15, 0.2) is 5.78 Å². The van der Waals surface area contributed by atoms with E-state index in [2.05, 4.69) is 9.97 Å². The van der Waals surface area contributed by atoms with Crippen LogP contribution in [0.2, 0.25) is 10.0 Å². The smallest absolute Gasteiger partial charge is 0.417 e. The van der Waals surface area contributed by atoms with E-state index in [-0.39, 0.29) is 46.4 Å². The lowest BCUT2D eigenvalue weighted by molar-refractivity contribution is -0.138. The first kappa shape index (κ1) is 34.1. The number of nitrogens with zero attached hydrogens (tertiary/aromatic N) is 2. The fourth-order valence-electron chi connectivity index (χ4n) is 3.35. The van der Waals surface area contributed by atoms with Crippen LogP contribution in [0.4, 0.5) is 26.3 Å². The molecule has 0 fully saturated rings. The molecule has 0 aliphatic rings. The molecule has 7 nitrogen and oxygen atoms in total. The Hall–Kier alpha value is -4.36. The summed E-state index contributed by atoms with van der Waals surface area (Å²) in [6, 6.07) is 14.1. The number of benzene rings is 2. The minimum Gasteiger partial charge on any atom is -0.478 e. The molecule has 0 atom stereocenters. The van der Waals surface area contributed by atoms with Crippen molar-refractivity contribution in [2.75, 3.05) is 0 Å².